The highest BCUT2D eigenvalue weighted by molar-refractivity contribution is 5.97. The summed E-state index contributed by atoms with van der Waals surface area (Å²) in [6, 6.07) is 13.9. The molecule has 0 saturated carbocycles. The van der Waals surface area contributed by atoms with Crippen molar-refractivity contribution in [1.29, 1.82) is 0 Å². The number of rotatable bonds is 9. The van der Waals surface area contributed by atoms with E-state index in [1.807, 2.05) is 0 Å². The van der Waals surface area contributed by atoms with Crippen molar-refractivity contribution in [1.82, 2.24) is 10.6 Å². The second-order valence-corrected chi connectivity index (χ2v) is 9.68. The predicted octanol–water partition coefficient (Wildman–Crippen LogP) is 2.57. The van der Waals surface area contributed by atoms with Crippen LogP contribution in [0.4, 0.5) is 0 Å². The number of phenols is 2. The quantitative estimate of drug-likeness (QED) is 0.208. The molecule has 0 aromatic heterocycles. The summed E-state index contributed by atoms with van der Waals surface area (Å²) in [5.74, 6) is -0.602. The fourth-order valence-electron chi connectivity index (χ4n) is 5.23. The number of likely N-dealkylation sites (N-methyl/N-ethyl adjacent to an activating group) is 1. The molecule has 3 aromatic carbocycles. The van der Waals surface area contributed by atoms with Gasteiger partial charge in [-0.2, -0.15) is 0 Å². The minimum Gasteiger partial charge on any atom is -0.508 e. The smallest absolute Gasteiger partial charge is 0.340 e. The fourth-order valence-corrected chi connectivity index (χ4v) is 5.23. The predicted molar refractivity (Wildman–Crippen MR) is 141 cm³/mol. The number of aromatic hydroxyl groups is 2. The number of ether oxygens (including phenoxy) is 2. The number of carbonyl (C=O) groups excluding carboxylic acids is 3. The van der Waals surface area contributed by atoms with Crippen molar-refractivity contribution in [2.45, 2.75) is 37.3 Å². The van der Waals surface area contributed by atoms with E-state index in [1.54, 1.807) is 37.4 Å². The molecule has 0 aliphatic carbocycles. The Hall–Kier alpha value is -4.57. The van der Waals surface area contributed by atoms with Crippen LogP contribution in [0.2, 0.25) is 0 Å². The Labute approximate surface area is 224 Å². The highest BCUT2D eigenvalue weighted by atomic mass is 16.6. The summed E-state index contributed by atoms with van der Waals surface area (Å²) in [7, 11) is 1.68. The normalized spacial score (nSPS) is 14.9. The topological polar surface area (TPSA) is 160 Å². The molecule has 2 aliphatic rings. The summed E-state index contributed by atoms with van der Waals surface area (Å²) in [5, 5.41) is 25.9. The number of nitrogens with one attached hydrogen (secondary N) is 2. The van der Waals surface area contributed by atoms with E-state index in [2.05, 4.69) is 10.6 Å². The third-order valence-electron chi connectivity index (χ3n) is 7.14. The van der Waals surface area contributed by atoms with Gasteiger partial charge in [-0.25, -0.2) is 4.79 Å². The van der Waals surface area contributed by atoms with E-state index >= 15 is 0 Å². The highest BCUT2D eigenvalue weighted by Gasteiger charge is 2.53. The first-order chi connectivity index (χ1) is 18.7. The molecule has 0 bridgehead atoms. The molecule has 0 radical (unpaired) electrons. The molecular weight excluding hydrogens is 502 g/mol. The molecule has 202 valence electrons. The molecule has 1 spiro atoms. The van der Waals surface area contributed by atoms with Crippen molar-refractivity contribution in [3.05, 3.63) is 82.4 Å². The van der Waals surface area contributed by atoms with Gasteiger partial charge in [0, 0.05) is 35.4 Å². The van der Waals surface area contributed by atoms with E-state index < -0.39 is 23.5 Å². The Bertz CT molecular complexity index is 1420. The molecule has 0 unspecified atom stereocenters. The van der Waals surface area contributed by atoms with Gasteiger partial charge in [0.1, 0.15) is 23.0 Å². The van der Waals surface area contributed by atoms with Crippen LogP contribution in [-0.4, -0.2) is 47.6 Å². The van der Waals surface area contributed by atoms with Crippen LogP contribution in [0.25, 0.3) is 0 Å². The maximum absolute atomic E-state index is 13.1. The summed E-state index contributed by atoms with van der Waals surface area (Å²) in [6.45, 7) is 0.454. The van der Waals surface area contributed by atoms with Gasteiger partial charge in [0.15, 0.2) is 5.60 Å². The summed E-state index contributed by atoms with van der Waals surface area (Å²) in [6.07, 6.45) is 2.09. The van der Waals surface area contributed by atoms with E-state index in [9.17, 15) is 24.6 Å². The molecule has 39 heavy (non-hydrogen) atoms. The average Bonchev–Trinajstić information content (AvgIpc) is 3.17. The molecule has 0 saturated heterocycles. The van der Waals surface area contributed by atoms with Crippen LogP contribution < -0.4 is 21.1 Å². The molecule has 5 rings (SSSR count). The van der Waals surface area contributed by atoms with Crippen molar-refractivity contribution >= 4 is 17.8 Å². The Balaban J connectivity index is 1.39. The largest absolute Gasteiger partial charge is 0.508 e. The molecular formula is C29H29N3O7. The lowest BCUT2D eigenvalue weighted by Crippen LogP contribution is -2.39. The van der Waals surface area contributed by atoms with Crippen LogP contribution in [0.15, 0.2) is 54.6 Å². The molecule has 3 aromatic rings. The van der Waals surface area contributed by atoms with E-state index in [1.165, 1.54) is 24.3 Å². The van der Waals surface area contributed by atoms with Gasteiger partial charge in [-0.3, -0.25) is 9.59 Å². The van der Waals surface area contributed by atoms with Gasteiger partial charge in [0.2, 0.25) is 11.8 Å². The van der Waals surface area contributed by atoms with Gasteiger partial charge in [0.25, 0.3) is 0 Å². The zero-order chi connectivity index (χ0) is 27.7. The number of primary amides is 1. The van der Waals surface area contributed by atoms with Gasteiger partial charge < -0.3 is 36.1 Å². The molecule has 6 N–H and O–H groups in total. The second-order valence-electron chi connectivity index (χ2n) is 9.68. The standard InChI is InChI=1S/C29H29N3O7/c1-31-23(27(30)36)4-2-3-11-32-26(35)13-16-5-8-19-22(12-16)29(39-28(19)37)20-9-6-17(33)14-24(20)38-25-15-18(34)7-10-21(25)29/h5-10,12,14-15,23,31,33-34H,2-4,11,13H2,1H3,(H2,30,36)(H,32,35)/t23-/m1/s1. The third-order valence-corrected chi connectivity index (χ3v) is 7.14. The van der Waals surface area contributed by atoms with Crippen LogP contribution in [0, 0.1) is 0 Å². The number of hydrogen-bond acceptors (Lipinski definition) is 8. The lowest BCUT2D eigenvalue weighted by atomic mass is 9.77. The number of benzene rings is 3. The van der Waals surface area contributed by atoms with E-state index in [-0.39, 0.29) is 35.3 Å². The maximum atomic E-state index is 13.1. The lowest BCUT2D eigenvalue weighted by Gasteiger charge is -2.36. The van der Waals surface area contributed by atoms with Crippen LogP contribution in [0.3, 0.4) is 0 Å². The van der Waals surface area contributed by atoms with Gasteiger partial charge in [-0.05, 0) is 68.3 Å². The molecule has 2 amide bonds. The first-order valence-corrected chi connectivity index (χ1v) is 12.7. The van der Waals surface area contributed by atoms with Crippen LogP contribution in [0.1, 0.15) is 51.9 Å². The summed E-state index contributed by atoms with van der Waals surface area (Å²) in [4.78, 5) is 37.1. The summed E-state index contributed by atoms with van der Waals surface area (Å²) in [5.41, 5.74) is 6.56. The second kappa shape index (κ2) is 10.3. The number of hydrogen-bond donors (Lipinski definition) is 5. The number of phenolic OH excluding ortho intramolecular Hbond substituents is 2. The van der Waals surface area contributed by atoms with Crippen molar-refractivity contribution < 1.29 is 34.1 Å². The van der Waals surface area contributed by atoms with Gasteiger partial charge in [-0.1, -0.05) is 6.07 Å². The Kier molecular flexibility index (Phi) is 6.88. The fraction of sp³-hybridized carbons (Fsp3) is 0.276. The number of amides is 2. The first-order valence-electron chi connectivity index (χ1n) is 12.7. The molecule has 2 heterocycles. The van der Waals surface area contributed by atoms with E-state index in [0.717, 1.165) is 6.42 Å². The van der Waals surface area contributed by atoms with Crippen molar-refractivity contribution in [2.75, 3.05) is 13.6 Å². The van der Waals surface area contributed by atoms with Crippen molar-refractivity contribution in [3.8, 4) is 23.0 Å². The highest BCUT2D eigenvalue weighted by Crippen LogP contribution is 2.57. The Morgan fingerprint density at radius 3 is 2.23 bits per heavy atom. The van der Waals surface area contributed by atoms with Crippen LogP contribution >= 0.6 is 0 Å². The van der Waals surface area contributed by atoms with E-state index in [4.69, 9.17) is 15.2 Å². The number of carbonyl (C=O) groups is 3. The molecule has 10 nitrogen and oxygen atoms in total. The Morgan fingerprint density at radius 2 is 1.62 bits per heavy atom. The molecule has 10 heteroatoms. The number of nitrogens with two attached hydrogens (primary N) is 1. The van der Waals surface area contributed by atoms with Crippen molar-refractivity contribution in [2.24, 2.45) is 5.73 Å². The molecule has 0 fully saturated rings. The maximum Gasteiger partial charge on any atom is 0.340 e. The third kappa shape index (κ3) is 4.74. The van der Waals surface area contributed by atoms with Gasteiger partial charge >= 0.3 is 5.97 Å². The molecule has 2 aliphatic heterocycles. The minimum atomic E-state index is -1.38. The Morgan fingerprint density at radius 1 is 0.949 bits per heavy atom. The zero-order valence-corrected chi connectivity index (χ0v) is 21.3. The van der Waals surface area contributed by atoms with Crippen molar-refractivity contribution in [3.63, 3.8) is 0 Å². The van der Waals surface area contributed by atoms with Crippen LogP contribution in [0.5, 0.6) is 23.0 Å². The zero-order valence-electron chi connectivity index (χ0n) is 21.3. The number of unbranched alkanes of at least 4 members (excludes halogenated alkanes) is 1. The SMILES string of the molecule is CN[C@H](CCCCNC(=O)Cc1ccc2c(c1)C1(OC2=O)c2ccc(O)cc2Oc2cc(O)ccc21)C(N)=O. The molecule has 1 atom stereocenters. The first kappa shape index (κ1) is 26.1. The van der Waals surface area contributed by atoms with Gasteiger partial charge in [-0.15, -0.1) is 0 Å². The van der Waals surface area contributed by atoms with Gasteiger partial charge in [0.05, 0.1) is 18.0 Å². The average molecular weight is 532 g/mol. The minimum absolute atomic E-state index is 0.0291. The van der Waals surface area contributed by atoms with E-state index in [0.29, 0.717) is 47.2 Å². The van der Waals surface area contributed by atoms with Crippen LogP contribution in [-0.2, 0) is 26.3 Å². The number of esters is 1. The summed E-state index contributed by atoms with van der Waals surface area (Å²) < 4.78 is 12.0. The number of fused-ring (bicyclic) bond motifs is 6. The summed E-state index contributed by atoms with van der Waals surface area (Å²) >= 11 is 0. The lowest BCUT2D eigenvalue weighted by molar-refractivity contribution is -0.121. The monoisotopic (exact) mass is 531 g/mol.